The van der Waals surface area contributed by atoms with Gasteiger partial charge in [-0.15, -0.1) is 0 Å². The first kappa shape index (κ1) is 11.4. The second-order valence-corrected chi connectivity index (χ2v) is 3.66. The molecule has 2 heterocycles. The average molecular weight is 234 g/mol. The van der Waals surface area contributed by atoms with Crippen molar-refractivity contribution in [2.24, 2.45) is 0 Å². The van der Waals surface area contributed by atoms with Crippen LogP contribution in [0.2, 0.25) is 0 Å². The molecule has 2 rings (SSSR count). The molecule has 2 N–H and O–H groups in total. The summed E-state index contributed by atoms with van der Waals surface area (Å²) in [5.74, 6) is -0.0760. The van der Waals surface area contributed by atoms with Crippen molar-refractivity contribution in [3.8, 4) is 0 Å². The number of nitrogens with two attached hydrogens (primary N) is 1. The largest absolute Gasteiger partial charge is 0.465 e. The van der Waals surface area contributed by atoms with Crippen LogP contribution in [0.3, 0.4) is 0 Å². The summed E-state index contributed by atoms with van der Waals surface area (Å²) in [5, 5.41) is 0. The zero-order valence-corrected chi connectivity index (χ0v) is 9.80. The number of hydrogen-bond acceptors (Lipinski definition) is 5. The highest BCUT2D eigenvalue weighted by Crippen LogP contribution is 2.16. The van der Waals surface area contributed by atoms with Crippen LogP contribution in [-0.2, 0) is 16.1 Å². The van der Waals surface area contributed by atoms with E-state index in [1.54, 1.807) is 11.5 Å². The summed E-state index contributed by atoms with van der Waals surface area (Å²) in [6, 6.07) is 3.68. The third-order valence-corrected chi connectivity index (χ3v) is 2.35. The fourth-order valence-electron chi connectivity index (χ4n) is 1.61. The molecule has 90 valence electrons. The highest BCUT2D eigenvalue weighted by Gasteiger charge is 2.13. The van der Waals surface area contributed by atoms with E-state index in [0.717, 1.165) is 5.69 Å². The van der Waals surface area contributed by atoms with E-state index in [1.165, 1.54) is 0 Å². The summed E-state index contributed by atoms with van der Waals surface area (Å²) < 4.78 is 6.43. The van der Waals surface area contributed by atoms with Gasteiger partial charge >= 0.3 is 5.97 Å². The molecule has 0 fully saturated rings. The summed E-state index contributed by atoms with van der Waals surface area (Å²) in [7, 11) is 0. The smallest absolute Gasteiger partial charge is 0.326 e. The summed E-state index contributed by atoms with van der Waals surface area (Å²) in [6.07, 6.45) is 0. The number of nitrogens with zero attached hydrogens (tertiary/aromatic N) is 3. The summed E-state index contributed by atoms with van der Waals surface area (Å²) in [4.78, 5) is 19.9. The predicted molar refractivity (Wildman–Crippen MR) is 63.3 cm³/mol. The lowest BCUT2D eigenvalue weighted by Crippen LogP contribution is -2.15. The van der Waals surface area contributed by atoms with Crippen molar-refractivity contribution in [1.82, 2.24) is 14.5 Å². The Morgan fingerprint density at radius 1 is 1.47 bits per heavy atom. The topological polar surface area (TPSA) is 83.0 Å². The van der Waals surface area contributed by atoms with E-state index < -0.39 is 0 Å². The van der Waals surface area contributed by atoms with Crippen LogP contribution in [0.25, 0.3) is 11.2 Å². The van der Waals surface area contributed by atoms with Crippen LogP contribution >= 0.6 is 0 Å². The van der Waals surface area contributed by atoms with Gasteiger partial charge in [-0.3, -0.25) is 9.36 Å². The van der Waals surface area contributed by atoms with Gasteiger partial charge in [0.2, 0.25) is 5.95 Å². The van der Waals surface area contributed by atoms with E-state index in [2.05, 4.69) is 9.97 Å². The number of fused-ring (bicyclic) bond motifs is 1. The molecule has 0 aliphatic rings. The molecule has 6 nitrogen and oxygen atoms in total. The van der Waals surface area contributed by atoms with E-state index in [-0.39, 0.29) is 18.5 Å². The van der Waals surface area contributed by atoms with Crippen molar-refractivity contribution >= 4 is 23.1 Å². The molecule has 0 saturated carbocycles. The Hall–Kier alpha value is -2.11. The van der Waals surface area contributed by atoms with Crippen LogP contribution in [0, 0.1) is 6.92 Å². The summed E-state index contributed by atoms with van der Waals surface area (Å²) >= 11 is 0. The number of aryl methyl sites for hydroxylation is 1. The first-order valence-electron chi connectivity index (χ1n) is 5.36. The molecule has 0 radical (unpaired) electrons. The molecule has 0 bridgehead atoms. The lowest BCUT2D eigenvalue weighted by Gasteiger charge is -2.05. The number of pyridine rings is 1. The molecule has 0 spiro atoms. The number of carbonyl (C=O) groups is 1. The number of ether oxygens (including phenoxy) is 1. The molecule has 6 heteroatoms. The molecular formula is C11H14N4O2. The molecule has 0 atom stereocenters. The molecule has 2 aromatic heterocycles. The average Bonchev–Trinajstić information content (AvgIpc) is 2.56. The van der Waals surface area contributed by atoms with Crippen LogP contribution in [-0.4, -0.2) is 27.1 Å². The van der Waals surface area contributed by atoms with Crippen molar-refractivity contribution in [3.05, 3.63) is 17.8 Å². The van der Waals surface area contributed by atoms with Crippen LogP contribution in [0.15, 0.2) is 12.1 Å². The molecule has 0 aromatic carbocycles. The molecule has 0 saturated heterocycles. The van der Waals surface area contributed by atoms with Gasteiger partial charge in [0.25, 0.3) is 0 Å². The molecule has 17 heavy (non-hydrogen) atoms. The Balaban J connectivity index is 2.41. The molecular weight excluding hydrogens is 220 g/mol. The third-order valence-electron chi connectivity index (χ3n) is 2.35. The van der Waals surface area contributed by atoms with Crippen LogP contribution in [0.1, 0.15) is 12.6 Å². The van der Waals surface area contributed by atoms with Crippen molar-refractivity contribution in [3.63, 3.8) is 0 Å². The number of anilines is 1. The van der Waals surface area contributed by atoms with Crippen molar-refractivity contribution in [2.75, 3.05) is 12.3 Å². The van der Waals surface area contributed by atoms with Gasteiger partial charge in [0.15, 0.2) is 5.65 Å². The first-order valence-corrected chi connectivity index (χ1v) is 5.36. The maximum atomic E-state index is 11.4. The van der Waals surface area contributed by atoms with E-state index in [0.29, 0.717) is 17.8 Å². The minimum Gasteiger partial charge on any atom is -0.465 e. The number of hydrogen-bond donors (Lipinski definition) is 1. The summed E-state index contributed by atoms with van der Waals surface area (Å²) in [5.41, 5.74) is 7.89. The Labute approximate surface area is 98.4 Å². The van der Waals surface area contributed by atoms with Gasteiger partial charge in [0, 0.05) is 5.69 Å². The minimum absolute atomic E-state index is 0.0344. The molecule has 0 amide bonds. The predicted octanol–water partition coefficient (Wildman–Crippen LogP) is 0.885. The SMILES string of the molecule is CCOC(=O)Cn1c(N)nc2ccc(C)nc21. The first-order chi connectivity index (χ1) is 8.11. The van der Waals surface area contributed by atoms with Gasteiger partial charge in [-0.25, -0.2) is 9.97 Å². The zero-order valence-electron chi connectivity index (χ0n) is 9.80. The quantitative estimate of drug-likeness (QED) is 0.797. The van der Waals surface area contributed by atoms with Crippen LogP contribution in [0.4, 0.5) is 5.95 Å². The highest BCUT2D eigenvalue weighted by atomic mass is 16.5. The van der Waals surface area contributed by atoms with Gasteiger partial charge in [0.1, 0.15) is 12.1 Å². The Morgan fingerprint density at radius 2 is 2.24 bits per heavy atom. The fourth-order valence-corrected chi connectivity index (χ4v) is 1.61. The maximum absolute atomic E-state index is 11.4. The normalized spacial score (nSPS) is 10.7. The second kappa shape index (κ2) is 4.40. The third kappa shape index (κ3) is 2.20. The van der Waals surface area contributed by atoms with Crippen molar-refractivity contribution in [2.45, 2.75) is 20.4 Å². The Morgan fingerprint density at radius 3 is 2.94 bits per heavy atom. The van der Waals surface area contributed by atoms with Crippen LogP contribution < -0.4 is 5.73 Å². The van der Waals surface area contributed by atoms with E-state index >= 15 is 0 Å². The van der Waals surface area contributed by atoms with E-state index in [9.17, 15) is 4.79 Å². The maximum Gasteiger partial charge on any atom is 0.326 e. The van der Waals surface area contributed by atoms with E-state index in [1.807, 2.05) is 19.1 Å². The van der Waals surface area contributed by atoms with Gasteiger partial charge in [0.05, 0.1) is 6.61 Å². The summed E-state index contributed by atoms with van der Waals surface area (Å²) in [6.45, 7) is 4.01. The Bertz CT molecular complexity index is 562. The number of esters is 1. The van der Waals surface area contributed by atoms with E-state index in [4.69, 9.17) is 10.5 Å². The molecule has 0 unspecified atom stereocenters. The van der Waals surface area contributed by atoms with Crippen molar-refractivity contribution < 1.29 is 9.53 Å². The molecule has 0 aliphatic carbocycles. The highest BCUT2D eigenvalue weighted by molar-refractivity contribution is 5.78. The zero-order chi connectivity index (χ0) is 12.4. The number of imidazole rings is 1. The second-order valence-electron chi connectivity index (χ2n) is 3.66. The van der Waals surface area contributed by atoms with Crippen LogP contribution in [0.5, 0.6) is 0 Å². The number of carbonyl (C=O) groups excluding carboxylic acids is 1. The van der Waals surface area contributed by atoms with Gasteiger partial charge < -0.3 is 10.5 Å². The monoisotopic (exact) mass is 234 g/mol. The van der Waals surface area contributed by atoms with Gasteiger partial charge in [-0.2, -0.15) is 0 Å². The molecule has 0 aliphatic heterocycles. The van der Waals surface area contributed by atoms with Crippen molar-refractivity contribution in [1.29, 1.82) is 0 Å². The minimum atomic E-state index is -0.346. The lowest BCUT2D eigenvalue weighted by molar-refractivity contribution is -0.143. The fraction of sp³-hybridized carbons (Fsp3) is 0.364. The number of nitrogen functional groups attached to an aromatic ring is 1. The Kier molecular flexibility index (Phi) is 2.95. The number of aromatic nitrogens is 3. The lowest BCUT2D eigenvalue weighted by atomic mass is 10.3. The number of rotatable bonds is 3. The van der Waals surface area contributed by atoms with Gasteiger partial charge in [-0.05, 0) is 26.0 Å². The van der Waals surface area contributed by atoms with Gasteiger partial charge in [-0.1, -0.05) is 0 Å². The standard InChI is InChI=1S/C11H14N4O2/c1-3-17-9(16)6-15-10-8(14-11(15)12)5-4-7(2)13-10/h4-5H,3,6H2,1-2H3,(H2,12,14). The molecule has 2 aromatic rings.